The average molecular weight is 933 g/mol. The van der Waals surface area contributed by atoms with Crippen molar-refractivity contribution in [3.63, 3.8) is 0 Å². The maximum Gasteiger partial charge on any atom is 0.0547 e. The lowest BCUT2D eigenvalue weighted by atomic mass is 10.0. The zero-order valence-electron chi connectivity index (χ0n) is 37.3. The summed E-state index contributed by atoms with van der Waals surface area (Å²) in [5, 5.41) is 12.3. The van der Waals surface area contributed by atoms with Crippen molar-refractivity contribution in [3.8, 4) is 0 Å². The van der Waals surface area contributed by atoms with Crippen LogP contribution in [0.4, 0.5) is 0 Å². The fourth-order valence-electron chi connectivity index (χ4n) is 11.5. The lowest BCUT2D eigenvalue weighted by molar-refractivity contribution is 0.498. The molecule has 0 bridgehead atoms. The van der Waals surface area contributed by atoms with Gasteiger partial charge < -0.3 is 0 Å². The second kappa shape index (κ2) is 21.5. The van der Waals surface area contributed by atoms with Gasteiger partial charge in [-0.2, -0.15) is 0 Å². The van der Waals surface area contributed by atoms with E-state index in [2.05, 4.69) is 243 Å². The first-order chi connectivity index (χ1) is 32.2. The van der Waals surface area contributed by atoms with E-state index in [1.165, 1.54) is 48.8 Å². The van der Waals surface area contributed by atoms with Crippen molar-refractivity contribution in [2.75, 3.05) is 24.6 Å². The monoisotopic (exact) mass is 932 g/mol. The molecule has 2 aliphatic rings. The zero-order valence-corrected chi connectivity index (χ0v) is 41.9. The Balaban J connectivity index is 1.06. The van der Waals surface area contributed by atoms with Gasteiger partial charge >= 0.3 is 0 Å². The quantitative estimate of drug-likeness (QED) is 0.0669. The van der Waals surface area contributed by atoms with Crippen LogP contribution in [-0.4, -0.2) is 32.7 Å². The average Bonchev–Trinajstić information content (AvgIpc) is 3.90. The molecule has 0 radical (unpaired) electrons. The highest BCUT2D eigenvalue weighted by atomic mass is 31.1. The zero-order chi connectivity index (χ0) is 43.7. The van der Waals surface area contributed by atoms with E-state index in [-0.39, 0.29) is 0 Å². The molecule has 2 aliphatic heterocycles. The van der Waals surface area contributed by atoms with Gasteiger partial charge in [-0.05, 0) is 122 Å². The molecule has 8 aromatic rings. The molecule has 0 N–H and O–H groups in total. The fraction of sp³-hybridized carbons (Fsp3) is 0.200. The molecule has 2 saturated heterocycles. The molecule has 0 aliphatic carbocycles. The predicted octanol–water partition coefficient (Wildman–Crippen LogP) is 12.5. The Morgan fingerprint density at radius 3 is 0.508 bits per heavy atom. The van der Waals surface area contributed by atoms with Gasteiger partial charge in [0.05, 0.1) is 8.07 Å². The molecule has 4 atom stereocenters. The van der Waals surface area contributed by atoms with Gasteiger partial charge in [-0.1, -0.05) is 267 Å². The molecule has 0 nitrogen and oxygen atoms in total. The van der Waals surface area contributed by atoms with Crippen molar-refractivity contribution in [2.45, 2.75) is 24.2 Å². The number of benzene rings is 8. The molecule has 0 saturated carbocycles. The van der Waals surface area contributed by atoms with Gasteiger partial charge in [0.15, 0.2) is 0 Å². The molecule has 324 valence electrons. The molecule has 0 amide bonds. The molecular weight excluding hydrogens is 873 g/mol. The summed E-state index contributed by atoms with van der Waals surface area (Å²) in [6.45, 7) is 0. The van der Waals surface area contributed by atoms with E-state index >= 15 is 0 Å². The van der Waals surface area contributed by atoms with E-state index in [9.17, 15) is 0 Å². The predicted molar refractivity (Wildman–Crippen MR) is 295 cm³/mol. The first-order valence-electron chi connectivity index (χ1n) is 23.7. The van der Waals surface area contributed by atoms with Crippen molar-refractivity contribution >= 4 is 82.2 Å². The number of hydrogen-bond donors (Lipinski definition) is 0. The molecule has 65 heavy (non-hydrogen) atoms. The topological polar surface area (TPSA) is 0 Å². The van der Waals surface area contributed by atoms with Gasteiger partial charge in [0.25, 0.3) is 0 Å². The normalized spacial score (nSPS) is 19.1. The third kappa shape index (κ3) is 10.8. The molecule has 2 fully saturated rings. The van der Waals surface area contributed by atoms with Crippen LogP contribution in [0.25, 0.3) is 0 Å². The van der Waals surface area contributed by atoms with Crippen LogP contribution < -0.4 is 42.4 Å². The van der Waals surface area contributed by atoms with Gasteiger partial charge in [0.2, 0.25) is 0 Å². The highest BCUT2D eigenvalue weighted by Crippen LogP contribution is 2.60. The minimum absolute atomic E-state index is 0.488. The van der Waals surface area contributed by atoms with Crippen molar-refractivity contribution < 1.29 is 0 Å². The molecule has 0 unspecified atom stereocenters. The lowest BCUT2D eigenvalue weighted by Crippen LogP contribution is -2.28. The van der Waals surface area contributed by atoms with Crippen LogP contribution in [0.3, 0.4) is 0 Å². The standard InChI is InChI=1S/C60H60P4Si/c1-9-25-53(26-10-1)61(54-27-11-2-12-28-54)41-49-45-65(46-50(49)42-62(55-29-13-3-14-30-55)56-31-15-4-16-32-56)47-51(43-63(57-33-17-5-18-34-57)58-35-19-6-20-36-58)52(48-65)44-64(59-37-21-7-22-38-59)60-39-23-8-24-40-60/h1-40,49-52H,41-48H2/t49-,50-,51-,52-/m1/s1. The Labute approximate surface area is 395 Å². The van der Waals surface area contributed by atoms with E-state index in [1.807, 2.05) is 0 Å². The highest BCUT2D eigenvalue weighted by Gasteiger charge is 2.55. The van der Waals surface area contributed by atoms with Crippen LogP contribution in [0, 0.1) is 23.7 Å². The van der Waals surface area contributed by atoms with E-state index in [4.69, 9.17) is 0 Å². The second-order valence-electron chi connectivity index (χ2n) is 18.5. The minimum Gasteiger partial charge on any atom is -0.0622 e. The third-order valence-electron chi connectivity index (χ3n) is 14.3. The van der Waals surface area contributed by atoms with Crippen molar-refractivity contribution in [1.82, 2.24) is 0 Å². The van der Waals surface area contributed by atoms with Crippen LogP contribution in [0.5, 0.6) is 0 Å². The maximum absolute atomic E-state index is 2.43. The Morgan fingerprint density at radius 1 is 0.231 bits per heavy atom. The van der Waals surface area contributed by atoms with E-state index in [0.29, 0.717) is 0 Å². The third-order valence-corrected chi connectivity index (χ3v) is 30.6. The number of rotatable bonds is 16. The molecule has 5 heteroatoms. The van der Waals surface area contributed by atoms with Crippen molar-refractivity contribution in [2.24, 2.45) is 23.7 Å². The van der Waals surface area contributed by atoms with Crippen LogP contribution in [0.2, 0.25) is 24.2 Å². The van der Waals surface area contributed by atoms with E-state index in [0.717, 1.165) is 23.7 Å². The second-order valence-corrected chi connectivity index (χ2v) is 32.1. The van der Waals surface area contributed by atoms with Gasteiger partial charge in [0, 0.05) is 0 Å². The molecule has 8 aromatic carbocycles. The van der Waals surface area contributed by atoms with Crippen LogP contribution in [0.1, 0.15) is 0 Å². The first-order valence-corrected chi connectivity index (χ1v) is 32.6. The maximum atomic E-state index is 2.43. The summed E-state index contributed by atoms with van der Waals surface area (Å²) < 4.78 is 0. The van der Waals surface area contributed by atoms with Crippen LogP contribution >= 0.6 is 31.7 Å². The van der Waals surface area contributed by atoms with Gasteiger partial charge in [-0.3, -0.25) is 0 Å². The van der Waals surface area contributed by atoms with Gasteiger partial charge in [-0.15, -0.1) is 0 Å². The SMILES string of the molecule is c1ccc(P(C[C@@H]2C[Si]3(C[C@H]2CP(c2ccccc2)c2ccccc2)C[C@@H](CP(c2ccccc2)c2ccccc2)[C@H](CP(c2ccccc2)c2ccccc2)C3)c2ccccc2)cc1. The van der Waals surface area contributed by atoms with Crippen molar-refractivity contribution in [3.05, 3.63) is 243 Å². The van der Waals surface area contributed by atoms with E-state index in [1.54, 1.807) is 42.4 Å². The lowest BCUT2D eigenvalue weighted by Gasteiger charge is -2.29. The Kier molecular flexibility index (Phi) is 14.8. The van der Waals surface area contributed by atoms with Crippen LogP contribution in [0.15, 0.2) is 243 Å². The summed E-state index contributed by atoms with van der Waals surface area (Å²) in [6.07, 6.45) is 5.19. The van der Waals surface area contributed by atoms with Gasteiger partial charge in [-0.25, -0.2) is 0 Å². The first kappa shape index (κ1) is 44.5. The largest absolute Gasteiger partial charge is 0.0622 e. The minimum atomic E-state index is -1.75. The molecular formula is C60H60P4Si. The fourth-order valence-corrected chi connectivity index (χ4v) is 30.5. The molecule has 2 heterocycles. The smallest absolute Gasteiger partial charge is 0.0547 e. The van der Waals surface area contributed by atoms with E-state index < -0.39 is 39.8 Å². The summed E-state index contributed by atoms with van der Waals surface area (Å²) in [6, 6.07) is 99.0. The molecule has 10 rings (SSSR count). The summed E-state index contributed by atoms with van der Waals surface area (Å²) in [5.41, 5.74) is 0. The molecule has 1 spiro atoms. The Bertz CT molecular complexity index is 2100. The Morgan fingerprint density at radius 2 is 0.369 bits per heavy atom. The summed E-state index contributed by atoms with van der Waals surface area (Å²) in [7, 11) is -3.71. The molecule has 0 aromatic heterocycles. The summed E-state index contributed by atoms with van der Waals surface area (Å²) in [5.74, 6) is 2.89. The van der Waals surface area contributed by atoms with Crippen molar-refractivity contribution in [1.29, 1.82) is 0 Å². The van der Waals surface area contributed by atoms with Gasteiger partial charge in [0.1, 0.15) is 0 Å². The summed E-state index contributed by atoms with van der Waals surface area (Å²) >= 11 is 0. The van der Waals surface area contributed by atoms with Crippen LogP contribution in [-0.2, 0) is 0 Å². The Hall–Kier alpha value is -4.30. The number of hydrogen-bond acceptors (Lipinski definition) is 0. The highest BCUT2D eigenvalue weighted by molar-refractivity contribution is 7.74. The summed E-state index contributed by atoms with van der Waals surface area (Å²) in [4.78, 5) is 0.